The van der Waals surface area contributed by atoms with Gasteiger partial charge in [-0.15, -0.1) is 0 Å². The summed E-state index contributed by atoms with van der Waals surface area (Å²) in [5.41, 5.74) is 0. The van der Waals surface area contributed by atoms with Gasteiger partial charge in [-0.2, -0.15) is 0 Å². The topological polar surface area (TPSA) is 67.2 Å². The molecule has 0 aromatic carbocycles. The lowest BCUT2D eigenvalue weighted by atomic mass is 10.3. The standard InChI is InChI=1S/C10H14N4O2/c1-13-5-3-12-8(13)2-4-14-9(15)6-11-7-10(14)16/h3,5,11H,2,4,6-7H2,1H3. The normalized spacial score (nSPS) is 16.9. The molecule has 0 aliphatic carbocycles. The van der Waals surface area contributed by atoms with Crippen molar-refractivity contribution in [1.29, 1.82) is 0 Å². The largest absolute Gasteiger partial charge is 0.338 e. The molecule has 86 valence electrons. The summed E-state index contributed by atoms with van der Waals surface area (Å²) in [6, 6.07) is 0. The number of aromatic nitrogens is 2. The number of imidazole rings is 1. The predicted molar refractivity (Wildman–Crippen MR) is 56.5 cm³/mol. The Morgan fingerprint density at radius 1 is 1.38 bits per heavy atom. The molecule has 2 rings (SSSR count). The average molecular weight is 222 g/mol. The van der Waals surface area contributed by atoms with E-state index in [4.69, 9.17) is 0 Å². The minimum Gasteiger partial charge on any atom is -0.338 e. The lowest BCUT2D eigenvalue weighted by Crippen LogP contribution is -2.52. The molecule has 0 bridgehead atoms. The monoisotopic (exact) mass is 222 g/mol. The van der Waals surface area contributed by atoms with Crippen molar-refractivity contribution in [1.82, 2.24) is 19.8 Å². The summed E-state index contributed by atoms with van der Waals surface area (Å²) in [7, 11) is 1.89. The van der Waals surface area contributed by atoms with E-state index in [1.165, 1.54) is 4.90 Å². The molecule has 0 unspecified atom stereocenters. The number of aryl methyl sites for hydroxylation is 1. The van der Waals surface area contributed by atoms with E-state index < -0.39 is 0 Å². The molecular weight excluding hydrogens is 208 g/mol. The average Bonchev–Trinajstić information content (AvgIpc) is 2.64. The van der Waals surface area contributed by atoms with Gasteiger partial charge in [0.15, 0.2) is 0 Å². The predicted octanol–water partition coefficient (Wildman–Crippen LogP) is -1.08. The van der Waals surface area contributed by atoms with Crippen LogP contribution in [-0.2, 0) is 23.1 Å². The number of carbonyl (C=O) groups is 2. The Bertz CT molecular complexity index is 397. The van der Waals surface area contributed by atoms with E-state index in [2.05, 4.69) is 10.3 Å². The summed E-state index contributed by atoms with van der Waals surface area (Å²) in [5.74, 6) is 0.551. The van der Waals surface area contributed by atoms with E-state index in [0.29, 0.717) is 13.0 Å². The maximum absolute atomic E-state index is 11.5. The zero-order valence-corrected chi connectivity index (χ0v) is 9.14. The molecular formula is C10H14N4O2. The molecule has 1 aromatic rings. The van der Waals surface area contributed by atoms with Gasteiger partial charge in [-0.25, -0.2) is 4.98 Å². The molecule has 1 fully saturated rings. The highest BCUT2D eigenvalue weighted by Gasteiger charge is 2.25. The van der Waals surface area contributed by atoms with E-state index in [1.54, 1.807) is 6.20 Å². The molecule has 6 heteroatoms. The first-order chi connectivity index (χ1) is 7.68. The molecule has 1 aromatic heterocycles. The molecule has 6 nitrogen and oxygen atoms in total. The van der Waals surface area contributed by atoms with E-state index in [9.17, 15) is 9.59 Å². The van der Waals surface area contributed by atoms with Crippen LogP contribution in [0.15, 0.2) is 12.4 Å². The van der Waals surface area contributed by atoms with E-state index in [0.717, 1.165) is 5.82 Å². The summed E-state index contributed by atoms with van der Waals surface area (Å²) in [4.78, 5) is 28.4. The first kappa shape index (κ1) is 10.8. The number of imide groups is 1. The van der Waals surface area contributed by atoms with Crippen LogP contribution in [0.25, 0.3) is 0 Å². The second-order valence-corrected chi connectivity index (χ2v) is 3.75. The third-order valence-corrected chi connectivity index (χ3v) is 2.63. The molecule has 1 saturated heterocycles. The Labute approximate surface area is 93.3 Å². The third kappa shape index (κ3) is 2.11. The van der Waals surface area contributed by atoms with Crippen molar-refractivity contribution in [2.75, 3.05) is 19.6 Å². The van der Waals surface area contributed by atoms with Gasteiger partial charge in [0.05, 0.1) is 13.1 Å². The van der Waals surface area contributed by atoms with Gasteiger partial charge in [-0.3, -0.25) is 19.8 Å². The molecule has 16 heavy (non-hydrogen) atoms. The highest BCUT2D eigenvalue weighted by molar-refractivity contribution is 5.99. The molecule has 1 aliphatic heterocycles. The lowest BCUT2D eigenvalue weighted by Gasteiger charge is -2.25. The number of hydrogen-bond donors (Lipinski definition) is 1. The third-order valence-electron chi connectivity index (χ3n) is 2.63. The molecule has 2 heterocycles. The molecule has 0 atom stereocenters. The summed E-state index contributed by atoms with van der Waals surface area (Å²) < 4.78 is 1.89. The number of amides is 2. The van der Waals surface area contributed by atoms with Crippen LogP contribution in [0.4, 0.5) is 0 Å². The van der Waals surface area contributed by atoms with Gasteiger partial charge in [0.1, 0.15) is 5.82 Å². The first-order valence-electron chi connectivity index (χ1n) is 5.18. The lowest BCUT2D eigenvalue weighted by molar-refractivity contribution is -0.146. The van der Waals surface area contributed by atoms with Crippen LogP contribution < -0.4 is 5.32 Å². The smallest absolute Gasteiger partial charge is 0.243 e. The van der Waals surface area contributed by atoms with Crippen molar-refractivity contribution in [3.63, 3.8) is 0 Å². The van der Waals surface area contributed by atoms with Gasteiger partial charge in [-0.1, -0.05) is 0 Å². The van der Waals surface area contributed by atoms with Gasteiger partial charge in [0.2, 0.25) is 11.8 Å². The molecule has 0 spiro atoms. The summed E-state index contributed by atoms with van der Waals surface area (Å²) in [6.07, 6.45) is 4.15. The van der Waals surface area contributed by atoms with E-state index in [1.807, 2.05) is 17.8 Å². The molecule has 1 N–H and O–H groups in total. The Kier molecular flexibility index (Phi) is 3.00. The minimum atomic E-state index is -0.162. The van der Waals surface area contributed by atoms with Gasteiger partial charge in [0, 0.05) is 32.4 Å². The number of hydrogen-bond acceptors (Lipinski definition) is 4. The van der Waals surface area contributed by atoms with Gasteiger partial charge in [0.25, 0.3) is 0 Å². The van der Waals surface area contributed by atoms with Crippen molar-refractivity contribution in [3.8, 4) is 0 Å². The van der Waals surface area contributed by atoms with Crippen molar-refractivity contribution in [3.05, 3.63) is 18.2 Å². The first-order valence-corrected chi connectivity index (χ1v) is 5.18. The Morgan fingerprint density at radius 3 is 2.62 bits per heavy atom. The molecule has 2 amide bonds. The SMILES string of the molecule is Cn1ccnc1CCN1C(=O)CNCC1=O. The fourth-order valence-electron chi connectivity index (χ4n) is 1.70. The van der Waals surface area contributed by atoms with Gasteiger partial charge < -0.3 is 4.57 Å². The Morgan fingerprint density at radius 2 is 2.06 bits per heavy atom. The zero-order chi connectivity index (χ0) is 11.5. The Hall–Kier alpha value is -1.69. The van der Waals surface area contributed by atoms with Crippen LogP contribution >= 0.6 is 0 Å². The van der Waals surface area contributed by atoms with Crippen LogP contribution in [0.2, 0.25) is 0 Å². The van der Waals surface area contributed by atoms with Gasteiger partial charge >= 0.3 is 0 Å². The number of nitrogens with zero attached hydrogens (tertiary/aromatic N) is 3. The highest BCUT2D eigenvalue weighted by Crippen LogP contribution is 2.01. The van der Waals surface area contributed by atoms with Crippen LogP contribution in [0.3, 0.4) is 0 Å². The second-order valence-electron chi connectivity index (χ2n) is 3.75. The second kappa shape index (κ2) is 4.44. The number of rotatable bonds is 3. The summed E-state index contributed by atoms with van der Waals surface area (Å²) in [6.45, 7) is 0.892. The fraction of sp³-hybridized carbons (Fsp3) is 0.500. The maximum Gasteiger partial charge on any atom is 0.243 e. The van der Waals surface area contributed by atoms with E-state index in [-0.39, 0.29) is 24.9 Å². The zero-order valence-electron chi connectivity index (χ0n) is 9.14. The number of carbonyl (C=O) groups excluding carboxylic acids is 2. The van der Waals surface area contributed by atoms with Crippen molar-refractivity contribution in [2.45, 2.75) is 6.42 Å². The minimum absolute atomic E-state index is 0.162. The van der Waals surface area contributed by atoms with Crippen LogP contribution in [0.5, 0.6) is 0 Å². The van der Waals surface area contributed by atoms with Crippen LogP contribution in [-0.4, -0.2) is 45.9 Å². The van der Waals surface area contributed by atoms with E-state index >= 15 is 0 Å². The number of nitrogens with one attached hydrogen (secondary N) is 1. The summed E-state index contributed by atoms with van der Waals surface area (Å²) >= 11 is 0. The van der Waals surface area contributed by atoms with Crippen molar-refractivity contribution in [2.24, 2.45) is 7.05 Å². The number of piperazine rings is 1. The molecule has 0 saturated carbocycles. The van der Waals surface area contributed by atoms with Gasteiger partial charge in [-0.05, 0) is 0 Å². The highest BCUT2D eigenvalue weighted by atomic mass is 16.2. The fourth-order valence-corrected chi connectivity index (χ4v) is 1.70. The van der Waals surface area contributed by atoms with Crippen molar-refractivity contribution >= 4 is 11.8 Å². The molecule has 1 aliphatic rings. The molecule has 0 radical (unpaired) electrons. The van der Waals surface area contributed by atoms with Crippen molar-refractivity contribution < 1.29 is 9.59 Å². The quantitative estimate of drug-likeness (QED) is 0.661. The van der Waals surface area contributed by atoms with Crippen LogP contribution in [0.1, 0.15) is 5.82 Å². The maximum atomic E-state index is 11.5. The Balaban J connectivity index is 1.96. The van der Waals surface area contributed by atoms with Crippen LogP contribution in [0, 0.1) is 0 Å². The summed E-state index contributed by atoms with van der Waals surface area (Å²) in [5, 5.41) is 2.76.